The molecule has 0 aliphatic heterocycles. The number of nitrogens with zero attached hydrogens (tertiary/aromatic N) is 5. The number of nitrogens with two attached hydrogens (primary N) is 1. The first-order valence-corrected chi connectivity index (χ1v) is 7.45. The first-order valence-electron chi connectivity index (χ1n) is 6.98. The van der Waals surface area contributed by atoms with Gasteiger partial charge in [-0.25, -0.2) is 14.6 Å². The van der Waals surface area contributed by atoms with E-state index >= 15 is 0 Å². The second-order valence-electron chi connectivity index (χ2n) is 5.32. The first-order chi connectivity index (χ1) is 11.6. The zero-order valence-electron chi connectivity index (χ0n) is 14.0. The number of nitrogen functional groups attached to an aromatic ring is 1. The molecule has 132 valence electrons. The molecule has 2 N–H and O–H groups in total. The van der Waals surface area contributed by atoms with Gasteiger partial charge in [0.25, 0.3) is 11.1 Å². The van der Waals surface area contributed by atoms with Crippen molar-refractivity contribution in [3.8, 4) is 0 Å². The van der Waals surface area contributed by atoms with Crippen molar-refractivity contribution < 1.29 is 0 Å². The molecule has 0 aliphatic carbocycles. The van der Waals surface area contributed by atoms with Gasteiger partial charge in [0.1, 0.15) is 11.6 Å². The second kappa shape index (κ2) is 6.43. The number of aliphatic imine (C=N–C) groups is 1. The molecule has 0 amide bonds. The van der Waals surface area contributed by atoms with Crippen molar-refractivity contribution in [2.75, 3.05) is 5.73 Å². The lowest BCUT2D eigenvalue weighted by atomic mass is 10.3. The molecule has 25 heavy (non-hydrogen) atoms. The van der Waals surface area contributed by atoms with Gasteiger partial charge in [0.15, 0.2) is 0 Å². The maximum Gasteiger partial charge on any atom is 0.332 e. The Hall–Kier alpha value is -3.08. The Morgan fingerprint density at radius 2 is 1.32 bits per heavy atom. The third kappa shape index (κ3) is 2.78. The molecule has 0 fully saturated rings. The standard InChI is InChI=1S/C14H16N6O4S/c1-17-9(15)7(11(21)19(3)13(17)23)5-16-10-8(6-25)12(22)20(4)14(24)18(10)2/h5-6H,15H2,1-4H3/b16-5+. The number of hydrogen-bond acceptors (Lipinski definition) is 7. The number of anilines is 1. The van der Waals surface area contributed by atoms with Gasteiger partial charge in [-0.1, -0.05) is 12.2 Å². The zero-order valence-corrected chi connectivity index (χ0v) is 14.8. The Morgan fingerprint density at radius 1 is 0.840 bits per heavy atom. The highest BCUT2D eigenvalue weighted by atomic mass is 32.1. The average Bonchev–Trinajstić information content (AvgIpc) is 2.60. The van der Waals surface area contributed by atoms with Crippen LogP contribution in [0.25, 0.3) is 0 Å². The van der Waals surface area contributed by atoms with Crippen LogP contribution in [0.2, 0.25) is 0 Å². The summed E-state index contributed by atoms with van der Waals surface area (Å²) in [6.45, 7) is 0. The van der Waals surface area contributed by atoms with E-state index in [1.165, 1.54) is 28.2 Å². The predicted octanol–water partition coefficient (Wildman–Crippen LogP) is -1.84. The summed E-state index contributed by atoms with van der Waals surface area (Å²) in [7, 11) is 5.45. The van der Waals surface area contributed by atoms with Gasteiger partial charge >= 0.3 is 11.4 Å². The summed E-state index contributed by atoms with van der Waals surface area (Å²) in [5.41, 5.74) is 3.34. The van der Waals surface area contributed by atoms with E-state index in [0.29, 0.717) is 0 Å². The molecule has 2 aromatic heterocycles. The fourth-order valence-electron chi connectivity index (χ4n) is 2.25. The van der Waals surface area contributed by atoms with Crippen molar-refractivity contribution in [1.29, 1.82) is 0 Å². The fraction of sp³-hybridized carbons (Fsp3) is 0.286. The summed E-state index contributed by atoms with van der Waals surface area (Å²) >= 11 is 4.83. The molecule has 11 heteroatoms. The molecule has 0 bridgehead atoms. The van der Waals surface area contributed by atoms with Gasteiger partial charge in [-0.15, -0.1) is 0 Å². The van der Waals surface area contributed by atoms with E-state index in [9.17, 15) is 19.2 Å². The number of rotatable bonds is 3. The highest BCUT2D eigenvalue weighted by Gasteiger charge is 2.15. The highest BCUT2D eigenvalue weighted by molar-refractivity contribution is 7.79. The van der Waals surface area contributed by atoms with Crippen molar-refractivity contribution in [3.63, 3.8) is 0 Å². The molecule has 0 aromatic carbocycles. The molecular weight excluding hydrogens is 348 g/mol. The van der Waals surface area contributed by atoms with Crippen LogP contribution in [0, 0.1) is 0 Å². The average molecular weight is 364 g/mol. The molecule has 0 aliphatic rings. The van der Waals surface area contributed by atoms with Crippen molar-refractivity contribution in [3.05, 3.63) is 52.8 Å². The lowest BCUT2D eigenvalue weighted by Gasteiger charge is -2.10. The van der Waals surface area contributed by atoms with E-state index < -0.39 is 22.5 Å². The first kappa shape index (κ1) is 18.3. The van der Waals surface area contributed by atoms with Crippen LogP contribution in [0.15, 0.2) is 24.2 Å². The maximum absolute atomic E-state index is 12.2. The maximum atomic E-state index is 12.2. The van der Waals surface area contributed by atoms with Crippen LogP contribution < -0.4 is 28.2 Å². The van der Waals surface area contributed by atoms with E-state index in [1.54, 1.807) is 0 Å². The van der Waals surface area contributed by atoms with Crippen LogP contribution >= 0.6 is 12.2 Å². The van der Waals surface area contributed by atoms with Crippen molar-refractivity contribution in [1.82, 2.24) is 18.3 Å². The van der Waals surface area contributed by atoms with Gasteiger partial charge in [0, 0.05) is 39.8 Å². The fourth-order valence-corrected chi connectivity index (χ4v) is 2.46. The van der Waals surface area contributed by atoms with E-state index in [0.717, 1.165) is 29.9 Å². The summed E-state index contributed by atoms with van der Waals surface area (Å²) in [5.74, 6) is -0.104. The highest BCUT2D eigenvalue weighted by Crippen LogP contribution is 2.11. The third-order valence-electron chi connectivity index (χ3n) is 3.85. The molecule has 0 atom stereocenters. The lowest BCUT2D eigenvalue weighted by molar-refractivity contribution is 0.687. The van der Waals surface area contributed by atoms with Gasteiger partial charge in [0.05, 0.1) is 11.1 Å². The summed E-state index contributed by atoms with van der Waals surface area (Å²) in [6, 6.07) is 0. The minimum atomic E-state index is -0.651. The summed E-state index contributed by atoms with van der Waals surface area (Å²) in [6.07, 6.45) is 1.10. The molecule has 0 radical (unpaired) electrons. The Kier molecular flexibility index (Phi) is 4.70. The van der Waals surface area contributed by atoms with Crippen LogP contribution in [-0.4, -0.2) is 29.9 Å². The van der Waals surface area contributed by atoms with E-state index in [-0.39, 0.29) is 22.8 Å². The molecular formula is C14H16N6O4S. The van der Waals surface area contributed by atoms with E-state index in [4.69, 9.17) is 18.0 Å². The monoisotopic (exact) mass is 364 g/mol. The van der Waals surface area contributed by atoms with Gasteiger partial charge in [0.2, 0.25) is 0 Å². The largest absolute Gasteiger partial charge is 0.384 e. The summed E-state index contributed by atoms with van der Waals surface area (Å²) in [5, 5.41) is 1.11. The van der Waals surface area contributed by atoms with Crippen LogP contribution in [0.4, 0.5) is 11.6 Å². The van der Waals surface area contributed by atoms with Gasteiger partial charge in [-0.2, -0.15) is 0 Å². The summed E-state index contributed by atoms with van der Waals surface area (Å²) < 4.78 is 3.99. The molecule has 2 rings (SSSR count). The van der Waals surface area contributed by atoms with Gasteiger partial charge in [-0.05, 0) is 0 Å². The van der Waals surface area contributed by atoms with Crippen molar-refractivity contribution in [2.24, 2.45) is 33.2 Å². The SMILES string of the molecule is Cn1c(N)c(/C=N/c2c(C=S)c(=O)n(C)c(=O)n2C)c(=O)n(C)c1=O. The molecule has 0 unspecified atom stereocenters. The van der Waals surface area contributed by atoms with Crippen LogP contribution in [0.3, 0.4) is 0 Å². The molecule has 10 nitrogen and oxygen atoms in total. The van der Waals surface area contributed by atoms with Crippen LogP contribution in [0.1, 0.15) is 11.1 Å². The number of hydrogen-bond donors (Lipinski definition) is 1. The van der Waals surface area contributed by atoms with E-state index in [1.807, 2.05) is 0 Å². The Balaban J connectivity index is 2.82. The van der Waals surface area contributed by atoms with Crippen molar-refractivity contribution >= 4 is 35.4 Å². The molecule has 0 spiro atoms. The number of thiocarbonyl (C=S) groups is 1. The van der Waals surface area contributed by atoms with E-state index in [2.05, 4.69) is 4.99 Å². The van der Waals surface area contributed by atoms with Crippen LogP contribution in [0.5, 0.6) is 0 Å². The lowest BCUT2D eigenvalue weighted by Crippen LogP contribution is -2.40. The molecule has 2 heterocycles. The Labute approximate surface area is 146 Å². The van der Waals surface area contributed by atoms with Gasteiger partial charge in [-0.3, -0.25) is 27.9 Å². The summed E-state index contributed by atoms with van der Waals surface area (Å²) in [4.78, 5) is 52.3. The Morgan fingerprint density at radius 3 is 1.84 bits per heavy atom. The molecule has 2 aromatic rings. The molecule has 0 saturated carbocycles. The number of aromatic nitrogens is 4. The minimum Gasteiger partial charge on any atom is -0.384 e. The second-order valence-corrected chi connectivity index (χ2v) is 5.56. The minimum absolute atomic E-state index is 0.0154. The topological polar surface area (TPSA) is 126 Å². The van der Waals surface area contributed by atoms with Crippen LogP contribution in [-0.2, 0) is 28.2 Å². The Bertz CT molecular complexity index is 1150. The third-order valence-corrected chi connectivity index (χ3v) is 4.08. The molecule has 0 saturated heterocycles. The van der Waals surface area contributed by atoms with Crippen molar-refractivity contribution in [2.45, 2.75) is 0 Å². The smallest absolute Gasteiger partial charge is 0.332 e. The normalized spacial score (nSPS) is 11.2. The van der Waals surface area contributed by atoms with Gasteiger partial charge < -0.3 is 5.73 Å². The zero-order chi connectivity index (χ0) is 19.0. The quantitative estimate of drug-likeness (QED) is 0.504. The predicted molar refractivity (Wildman–Crippen MR) is 98.3 cm³/mol.